The lowest BCUT2D eigenvalue weighted by molar-refractivity contribution is 0.0735. The first-order valence-corrected chi connectivity index (χ1v) is 8.44. The highest BCUT2D eigenvalue weighted by Crippen LogP contribution is 2.37. The molecule has 0 aliphatic carbocycles. The summed E-state index contributed by atoms with van der Waals surface area (Å²) in [5.74, 6) is 1.40. The lowest BCUT2D eigenvalue weighted by Gasteiger charge is -2.26. The molecule has 0 aromatic heterocycles. The van der Waals surface area contributed by atoms with E-state index in [-0.39, 0.29) is 24.4 Å². The first-order chi connectivity index (χ1) is 12.0. The fourth-order valence-corrected chi connectivity index (χ4v) is 3.44. The standard InChI is InChI=1S/C20H24N2O3.ClH/c1-13-6-8-15(21)12-16(13)20(23)22-10-4-5-17(22)14-7-9-18(24-2)19(11-14)25-3;/h6-9,11-12,17H,4-5,10,21H2,1-3H3;1H. The third kappa shape index (κ3) is 3.73. The summed E-state index contributed by atoms with van der Waals surface area (Å²) >= 11 is 0. The van der Waals surface area contributed by atoms with Crippen LogP contribution in [-0.2, 0) is 0 Å². The van der Waals surface area contributed by atoms with Gasteiger partial charge in [0.15, 0.2) is 11.5 Å². The number of nitrogens with two attached hydrogens (primary N) is 1. The zero-order chi connectivity index (χ0) is 18.0. The summed E-state index contributed by atoms with van der Waals surface area (Å²) in [5.41, 5.74) is 9.16. The van der Waals surface area contributed by atoms with Crippen LogP contribution in [0, 0.1) is 6.92 Å². The third-order valence-corrected chi connectivity index (χ3v) is 4.80. The second-order valence-electron chi connectivity index (χ2n) is 6.35. The molecule has 0 spiro atoms. The molecule has 1 aliphatic heterocycles. The highest BCUT2D eigenvalue weighted by molar-refractivity contribution is 5.97. The fourth-order valence-electron chi connectivity index (χ4n) is 3.44. The molecule has 0 bridgehead atoms. The molecule has 1 fully saturated rings. The number of aryl methyl sites for hydroxylation is 1. The Bertz CT molecular complexity index is 795. The van der Waals surface area contributed by atoms with Crippen LogP contribution in [-0.4, -0.2) is 31.6 Å². The van der Waals surface area contributed by atoms with Crippen molar-refractivity contribution in [3.8, 4) is 11.5 Å². The summed E-state index contributed by atoms with van der Waals surface area (Å²) in [4.78, 5) is 15.0. The molecule has 1 heterocycles. The number of hydrogen-bond acceptors (Lipinski definition) is 4. The average Bonchev–Trinajstić information content (AvgIpc) is 3.12. The number of nitrogens with zero attached hydrogens (tertiary/aromatic N) is 1. The number of nitrogen functional groups attached to an aromatic ring is 1. The van der Waals surface area contributed by atoms with Gasteiger partial charge in [-0.2, -0.15) is 0 Å². The molecular weight excluding hydrogens is 352 g/mol. The number of amides is 1. The average molecular weight is 377 g/mol. The number of ether oxygens (including phenoxy) is 2. The number of hydrogen-bond donors (Lipinski definition) is 1. The summed E-state index contributed by atoms with van der Waals surface area (Å²) in [6.07, 6.45) is 1.91. The van der Waals surface area contributed by atoms with Gasteiger partial charge in [0, 0.05) is 17.8 Å². The number of likely N-dealkylation sites (tertiary alicyclic amines) is 1. The lowest BCUT2D eigenvalue weighted by Crippen LogP contribution is -2.31. The summed E-state index contributed by atoms with van der Waals surface area (Å²) in [7, 11) is 3.24. The maximum Gasteiger partial charge on any atom is 0.254 e. The maximum atomic E-state index is 13.1. The molecular formula is C20H25ClN2O3. The van der Waals surface area contributed by atoms with E-state index in [4.69, 9.17) is 15.2 Å². The van der Waals surface area contributed by atoms with E-state index in [1.54, 1.807) is 20.3 Å². The zero-order valence-corrected chi connectivity index (χ0v) is 16.1. The Morgan fingerprint density at radius 1 is 1.12 bits per heavy atom. The van der Waals surface area contributed by atoms with Gasteiger partial charge in [0.2, 0.25) is 0 Å². The highest BCUT2D eigenvalue weighted by Gasteiger charge is 2.31. The van der Waals surface area contributed by atoms with Crippen LogP contribution in [0.25, 0.3) is 0 Å². The minimum Gasteiger partial charge on any atom is -0.493 e. The molecule has 1 saturated heterocycles. The predicted molar refractivity (Wildman–Crippen MR) is 105 cm³/mol. The smallest absolute Gasteiger partial charge is 0.254 e. The van der Waals surface area contributed by atoms with Crippen LogP contribution in [0.5, 0.6) is 11.5 Å². The first-order valence-electron chi connectivity index (χ1n) is 8.44. The second-order valence-corrected chi connectivity index (χ2v) is 6.35. The summed E-state index contributed by atoms with van der Waals surface area (Å²) in [6, 6.07) is 11.4. The van der Waals surface area contributed by atoms with Gasteiger partial charge in [-0.3, -0.25) is 4.79 Å². The van der Waals surface area contributed by atoms with Crippen LogP contribution >= 0.6 is 12.4 Å². The molecule has 1 aliphatic rings. The molecule has 26 heavy (non-hydrogen) atoms. The SMILES string of the molecule is COc1ccc(C2CCCN2C(=O)c2cc(N)ccc2C)cc1OC.Cl. The van der Waals surface area contributed by atoms with Crippen LogP contribution in [0.1, 0.15) is 40.4 Å². The number of rotatable bonds is 4. The monoisotopic (exact) mass is 376 g/mol. The molecule has 0 saturated carbocycles. The normalized spacial score (nSPS) is 16.1. The van der Waals surface area contributed by atoms with Gasteiger partial charge in [0.1, 0.15) is 0 Å². The van der Waals surface area contributed by atoms with Gasteiger partial charge >= 0.3 is 0 Å². The molecule has 0 radical (unpaired) electrons. The van der Waals surface area contributed by atoms with E-state index in [0.717, 1.165) is 30.5 Å². The Balaban J connectivity index is 0.00000243. The molecule has 2 N–H and O–H groups in total. The third-order valence-electron chi connectivity index (χ3n) is 4.80. The van der Waals surface area contributed by atoms with Crippen LogP contribution in [0.15, 0.2) is 36.4 Å². The molecule has 140 valence electrons. The maximum absolute atomic E-state index is 13.1. The van der Waals surface area contributed by atoms with Gasteiger partial charge in [-0.05, 0) is 55.2 Å². The van der Waals surface area contributed by atoms with E-state index in [2.05, 4.69) is 0 Å². The highest BCUT2D eigenvalue weighted by atomic mass is 35.5. The number of halogens is 1. The van der Waals surface area contributed by atoms with Crippen LogP contribution in [0.3, 0.4) is 0 Å². The van der Waals surface area contributed by atoms with Crippen LogP contribution < -0.4 is 15.2 Å². The zero-order valence-electron chi connectivity index (χ0n) is 15.3. The number of anilines is 1. The van der Waals surface area contributed by atoms with Crippen molar-refractivity contribution in [2.45, 2.75) is 25.8 Å². The van der Waals surface area contributed by atoms with Crippen molar-refractivity contribution in [2.75, 3.05) is 26.5 Å². The Morgan fingerprint density at radius 3 is 2.54 bits per heavy atom. The fraction of sp³-hybridized carbons (Fsp3) is 0.350. The van der Waals surface area contributed by atoms with Gasteiger partial charge in [-0.25, -0.2) is 0 Å². The van der Waals surface area contributed by atoms with Gasteiger partial charge in [0.25, 0.3) is 5.91 Å². The first kappa shape index (κ1) is 19.9. The largest absolute Gasteiger partial charge is 0.493 e. The summed E-state index contributed by atoms with van der Waals surface area (Å²) in [5, 5.41) is 0. The van der Waals surface area contributed by atoms with E-state index in [0.29, 0.717) is 22.7 Å². The minimum absolute atomic E-state index is 0. The van der Waals surface area contributed by atoms with Gasteiger partial charge in [0.05, 0.1) is 20.3 Å². The van der Waals surface area contributed by atoms with Gasteiger partial charge in [-0.15, -0.1) is 12.4 Å². The van der Waals surface area contributed by atoms with Crippen molar-refractivity contribution in [2.24, 2.45) is 0 Å². The minimum atomic E-state index is 0. The van der Waals surface area contributed by atoms with E-state index in [9.17, 15) is 4.79 Å². The lowest BCUT2D eigenvalue weighted by atomic mass is 10.0. The Kier molecular flexibility index (Phi) is 6.37. The van der Waals surface area contributed by atoms with Crippen molar-refractivity contribution >= 4 is 24.0 Å². The number of carbonyl (C=O) groups excluding carboxylic acids is 1. The van der Waals surface area contributed by atoms with Crippen molar-refractivity contribution < 1.29 is 14.3 Å². The van der Waals surface area contributed by atoms with E-state index >= 15 is 0 Å². The Labute approximate surface area is 160 Å². The van der Waals surface area contributed by atoms with Crippen molar-refractivity contribution in [1.82, 2.24) is 4.90 Å². The Morgan fingerprint density at radius 2 is 1.85 bits per heavy atom. The molecule has 1 unspecified atom stereocenters. The molecule has 2 aromatic rings. The van der Waals surface area contributed by atoms with Crippen molar-refractivity contribution in [1.29, 1.82) is 0 Å². The molecule has 1 amide bonds. The van der Waals surface area contributed by atoms with Crippen LogP contribution in [0.2, 0.25) is 0 Å². The topological polar surface area (TPSA) is 64.8 Å². The van der Waals surface area contributed by atoms with E-state index in [1.165, 1.54) is 0 Å². The van der Waals surface area contributed by atoms with Crippen molar-refractivity contribution in [3.05, 3.63) is 53.1 Å². The molecule has 1 atom stereocenters. The second kappa shape index (κ2) is 8.32. The molecule has 6 heteroatoms. The Hall–Kier alpha value is -2.40. The van der Waals surface area contributed by atoms with Crippen molar-refractivity contribution in [3.63, 3.8) is 0 Å². The van der Waals surface area contributed by atoms with Crippen LogP contribution in [0.4, 0.5) is 5.69 Å². The quantitative estimate of drug-likeness (QED) is 0.819. The number of carbonyl (C=O) groups is 1. The molecule has 2 aromatic carbocycles. The predicted octanol–water partition coefficient (Wildman–Crippen LogP) is 3.99. The molecule has 5 nitrogen and oxygen atoms in total. The number of benzene rings is 2. The van der Waals surface area contributed by atoms with Gasteiger partial charge < -0.3 is 20.1 Å². The summed E-state index contributed by atoms with van der Waals surface area (Å²) in [6.45, 7) is 2.68. The van der Waals surface area contributed by atoms with Gasteiger partial charge in [-0.1, -0.05) is 12.1 Å². The van der Waals surface area contributed by atoms with E-state index in [1.807, 2.05) is 42.2 Å². The number of methoxy groups -OCH3 is 2. The molecule has 3 rings (SSSR count). The summed E-state index contributed by atoms with van der Waals surface area (Å²) < 4.78 is 10.7. The van der Waals surface area contributed by atoms with E-state index < -0.39 is 0 Å².